The van der Waals surface area contributed by atoms with Crippen molar-refractivity contribution in [3.05, 3.63) is 35.4 Å². The molecular formula is C13H12N2O3. The lowest BCUT2D eigenvalue weighted by molar-refractivity contribution is -0.136. The summed E-state index contributed by atoms with van der Waals surface area (Å²) in [5.41, 5.74) is 1.34. The topological polar surface area (TPSA) is 66.5 Å². The maximum atomic E-state index is 12.3. The molecule has 0 spiro atoms. The van der Waals surface area contributed by atoms with Gasteiger partial charge in [-0.1, -0.05) is 18.2 Å². The molecule has 2 aliphatic heterocycles. The first kappa shape index (κ1) is 9.82. The number of hydrogen-bond donors (Lipinski definition) is 1. The van der Waals surface area contributed by atoms with Crippen LogP contribution in [0.5, 0.6) is 0 Å². The van der Waals surface area contributed by atoms with Crippen LogP contribution in [0.2, 0.25) is 0 Å². The van der Waals surface area contributed by atoms with Gasteiger partial charge in [0.25, 0.3) is 5.91 Å². The van der Waals surface area contributed by atoms with Gasteiger partial charge in [0, 0.05) is 18.5 Å². The van der Waals surface area contributed by atoms with Crippen LogP contribution in [0.15, 0.2) is 24.3 Å². The van der Waals surface area contributed by atoms with Gasteiger partial charge in [-0.05, 0) is 18.1 Å². The molecule has 5 nitrogen and oxygen atoms in total. The molecule has 2 aliphatic rings. The Labute approximate surface area is 105 Å². The van der Waals surface area contributed by atoms with Crippen molar-refractivity contribution >= 4 is 17.7 Å². The highest BCUT2D eigenvalue weighted by Gasteiger charge is 2.38. The third kappa shape index (κ3) is 1.59. The summed E-state index contributed by atoms with van der Waals surface area (Å²) in [5, 5.41) is 2.13. The summed E-state index contributed by atoms with van der Waals surface area (Å²) in [6.45, 7) is 0.236. The highest BCUT2D eigenvalue weighted by Crippen LogP contribution is 2.26. The van der Waals surface area contributed by atoms with E-state index < -0.39 is 17.8 Å². The van der Waals surface area contributed by atoms with E-state index in [0.717, 1.165) is 5.56 Å². The standard InChI is InChI=1S/C13H12N2O3/c16-11-6-5-10(12(17)14-11)15-7-8-3-1-2-4-9(8)13(15)18/h1-4,10H,5-7H2,(H,14,16,17)/t10-/m0/s1/i10D. The Morgan fingerprint density at radius 1 is 1.28 bits per heavy atom. The van der Waals surface area contributed by atoms with Gasteiger partial charge >= 0.3 is 0 Å². The zero-order valence-corrected chi connectivity index (χ0v) is 9.60. The Morgan fingerprint density at radius 3 is 2.78 bits per heavy atom. The van der Waals surface area contributed by atoms with E-state index >= 15 is 0 Å². The van der Waals surface area contributed by atoms with Gasteiger partial charge in [-0.3, -0.25) is 19.7 Å². The molecule has 0 saturated carbocycles. The van der Waals surface area contributed by atoms with E-state index in [1.54, 1.807) is 12.1 Å². The van der Waals surface area contributed by atoms with Gasteiger partial charge < -0.3 is 4.90 Å². The number of rotatable bonds is 1. The lowest BCUT2D eigenvalue weighted by Crippen LogP contribution is -2.52. The molecule has 0 radical (unpaired) electrons. The second-order valence-corrected chi connectivity index (χ2v) is 4.37. The molecule has 1 saturated heterocycles. The molecule has 2 heterocycles. The number of piperidine rings is 1. The fourth-order valence-electron chi connectivity index (χ4n) is 2.34. The fourth-order valence-corrected chi connectivity index (χ4v) is 2.34. The quantitative estimate of drug-likeness (QED) is 0.730. The maximum absolute atomic E-state index is 12.3. The van der Waals surface area contributed by atoms with Crippen LogP contribution in [0.3, 0.4) is 0 Å². The second-order valence-electron chi connectivity index (χ2n) is 4.37. The van der Waals surface area contributed by atoms with Crippen LogP contribution in [0.1, 0.15) is 30.1 Å². The largest absolute Gasteiger partial charge is 0.322 e. The number of carbonyl (C=O) groups is 3. The third-order valence-corrected chi connectivity index (χ3v) is 3.25. The molecule has 3 amide bonds. The van der Waals surface area contributed by atoms with Crippen LogP contribution in [-0.4, -0.2) is 28.6 Å². The number of amides is 3. The van der Waals surface area contributed by atoms with Gasteiger partial charge in [0.15, 0.2) is 0 Å². The summed E-state index contributed by atoms with van der Waals surface area (Å²) in [5.74, 6) is -1.43. The molecule has 1 aromatic rings. The van der Waals surface area contributed by atoms with Gasteiger partial charge in [-0.15, -0.1) is 0 Å². The minimum absolute atomic E-state index is 0.0391. The molecule has 5 heteroatoms. The van der Waals surface area contributed by atoms with Gasteiger partial charge in [-0.2, -0.15) is 0 Å². The molecule has 1 atom stereocenters. The molecule has 92 valence electrons. The molecule has 0 aromatic heterocycles. The van der Waals surface area contributed by atoms with Crippen LogP contribution >= 0.6 is 0 Å². The monoisotopic (exact) mass is 245 g/mol. The van der Waals surface area contributed by atoms with Gasteiger partial charge in [0.1, 0.15) is 6.02 Å². The van der Waals surface area contributed by atoms with Crippen molar-refractivity contribution < 1.29 is 15.8 Å². The average Bonchev–Trinajstić information content (AvgIpc) is 2.73. The smallest absolute Gasteiger partial charge is 0.255 e. The van der Waals surface area contributed by atoms with E-state index in [1.807, 2.05) is 12.1 Å². The van der Waals surface area contributed by atoms with Crippen molar-refractivity contribution in [2.24, 2.45) is 0 Å². The van der Waals surface area contributed by atoms with Crippen LogP contribution in [0, 0.1) is 0 Å². The Kier molecular flexibility index (Phi) is 2.15. The minimum Gasteiger partial charge on any atom is -0.322 e. The maximum Gasteiger partial charge on any atom is 0.255 e. The lowest BCUT2D eigenvalue weighted by Gasteiger charge is -2.29. The number of nitrogens with one attached hydrogen (secondary N) is 1. The Hall–Kier alpha value is -2.17. The Bertz CT molecular complexity index is 601. The molecule has 1 fully saturated rings. The first-order valence-electron chi connectivity index (χ1n) is 6.26. The van der Waals surface area contributed by atoms with E-state index in [1.165, 1.54) is 4.90 Å². The van der Waals surface area contributed by atoms with Gasteiger partial charge in [0.2, 0.25) is 11.8 Å². The zero-order chi connectivity index (χ0) is 13.6. The summed E-state index contributed by atoms with van der Waals surface area (Å²) in [7, 11) is 0. The third-order valence-electron chi connectivity index (χ3n) is 3.25. The predicted molar refractivity (Wildman–Crippen MR) is 62.5 cm³/mol. The Morgan fingerprint density at radius 2 is 2.06 bits per heavy atom. The van der Waals surface area contributed by atoms with Gasteiger partial charge in [-0.25, -0.2) is 0 Å². The van der Waals surface area contributed by atoms with E-state index in [9.17, 15) is 14.4 Å². The molecule has 0 aliphatic carbocycles. The van der Waals surface area contributed by atoms with Crippen LogP contribution in [0.25, 0.3) is 0 Å². The summed E-state index contributed by atoms with van der Waals surface area (Å²) in [6.07, 6.45) is 0.118. The summed E-state index contributed by atoms with van der Waals surface area (Å²) < 4.78 is 8.26. The number of nitrogens with zero attached hydrogens (tertiary/aromatic N) is 1. The van der Waals surface area contributed by atoms with Crippen molar-refractivity contribution in [2.75, 3.05) is 0 Å². The van der Waals surface area contributed by atoms with Gasteiger partial charge in [0.05, 0.1) is 1.37 Å². The first-order chi connectivity index (χ1) is 9.02. The predicted octanol–water partition coefficient (Wildman–Crippen LogP) is 0.448. The van der Waals surface area contributed by atoms with E-state index in [-0.39, 0.29) is 25.3 Å². The van der Waals surface area contributed by atoms with Crippen molar-refractivity contribution in [2.45, 2.75) is 25.4 Å². The first-order valence-corrected chi connectivity index (χ1v) is 5.76. The molecule has 18 heavy (non-hydrogen) atoms. The second kappa shape index (κ2) is 3.94. The SMILES string of the molecule is [2H][C@]1(N2Cc3ccccc3C2=O)CCC(=O)NC1=O. The van der Waals surface area contributed by atoms with Crippen molar-refractivity contribution in [3.63, 3.8) is 0 Å². The number of hydrogen-bond acceptors (Lipinski definition) is 3. The van der Waals surface area contributed by atoms with E-state index in [0.29, 0.717) is 5.56 Å². The molecule has 3 rings (SSSR count). The minimum atomic E-state index is -1.69. The van der Waals surface area contributed by atoms with Crippen LogP contribution < -0.4 is 5.32 Å². The van der Waals surface area contributed by atoms with E-state index in [2.05, 4.69) is 5.32 Å². The highest BCUT2D eigenvalue weighted by molar-refractivity contribution is 6.05. The number of benzene rings is 1. The molecule has 1 N–H and O–H groups in total. The number of fused-ring (bicyclic) bond motifs is 1. The zero-order valence-electron chi connectivity index (χ0n) is 10.6. The van der Waals surface area contributed by atoms with E-state index in [4.69, 9.17) is 1.37 Å². The number of carbonyl (C=O) groups excluding carboxylic acids is 3. The van der Waals surface area contributed by atoms with Crippen LogP contribution in [-0.2, 0) is 16.1 Å². The summed E-state index contributed by atoms with van der Waals surface area (Å²) in [6, 6.07) is 5.37. The molecule has 0 bridgehead atoms. The average molecular weight is 245 g/mol. The Balaban J connectivity index is 1.95. The normalized spacial score (nSPS) is 27.9. The van der Waals surface area contributed by atoms with Crippen molar-refractivity contribution in [3.8, 4) is 0 Å². The fraction of sp³-hybridized carbons (Fsp3) is 0.308. The molecule has 1 aromatic carbocycles. The summed E-state index contributed by atoms with van der Waals surface area (Å²) >= 11 is 0. The van der Waals surface area contributed by atoms with Crippen molar-refractivity contribution in [1.29, 1.82) is 0 Å². The van der Waals surface area contributed by atoms with Crippen LogP contribution in [0.4, 0.5) is 0 Å². The van der Waals surface area contributed by atoms with Crippen molar-refractivity contribution in [1.82, 2.24) is 10.2 Å². The lowest BCUT2D eigenvalue weighted by atomic mass is 10.0. The summed E-state index contributed by atoms with van der Waals surface area (Å²) in [4.78, 5) is 36.6. The highest BCUT2D eigenvalue weighted by atomic mass is 16.2. The molecular weight excluding hydrogens is 232 g/mol. The number of imide groups is 1. The molecule has 0 unspecified atom stereocenters.